The molecule has 0 radical (unpaired) electrons. The molecular formula is C50H64N4O12. The number of carbonyl (C=O) groups is 3. The van der Waals surface area contributed by atoms with E-state index in [-0.39, 0.29) is 56.6 Å². The molecule has 1 fully saturated rings. The minimum absolute atomic E-state index is 0.0118. The number of methoxy groups -OCH3 is 1. The Kier molecular flexibility index (Phi) is 14.8. The quantitative estimate of drug-likeness (QED) is 0.0681. The average molecular weight is 913 g/mol. The highest BCUT2D eigenvalue weighted by molar-refractivity contribution is 6.23. The van der Waals surface area contributed by atoms with Crippen LogP contribution in [0.5, 0.6) is 23.0 Å². The van der Waals surface area contributed by atoms with Gasteiger partial charge in [-0.3, -0.25) is 19.4 Å². The molecule has 7 rings (SSSR count). The van der Waals surface area contributed by atoms with Crippen LogP contribution >= 0.6 is 0 Å². The number of aliphatic hydroxyl groups excluding tert-OH is 2. The van der Waals surface area contributed by atoms with Crippen molar-refractivity contribution in [2.75, 3.05) is 30.4 Å². The van der Waals surface area contributed by atoms with Crippen molar-refractivity contribution in [2.24, 2.45) is 28.8 Å². The number of aromatic hydroxyl groups is 3. The van der Waals surface area contributed by atoms with Crippen LogP contribution in [0.4, 0.5) is 11.4 Å². The van der Waals surface area contributed by atoms with Crippen molar-refractivity contribution < 1.29 is 58.9 Å². The van der Waals surface area contributed by atoms with E-state index in [0.717, 1.165) is 5.69 Å². The van der Waals surface area contributed by atoms with E-state index in [9.17, 15) is 39.9 Å². The van der Waals surface area contributed by atoms with Crippen LogP contribution in [0.25, 0.3) is 10.8 Å². The number of hydrogen-bond donors (Lipinski definition) is 6. The zero-order valence-corrected chi connectivity index (χ0v) is 39.5. The Hall–Kier alpha value is -6.10. The molecule has 0 spiro atoms. The van der Waals surface area contributed by atoms with Crippen LogP contribution in [0.15, 0.2) is 71.6 Å². The Bertz CT molecular complexity index is 2440. The molecule has 11 atom stereocenters. The third-order valence-corrected chi connectivity index (χ3v) is 13.3. The maximum atomic E-state index is 14.6. The number of piperazine rings is 1. The Labute approximate surface area is 385 Å². The van der Waals surface area contributed by atoms with Crippen molar-refractivity contribution in [3.63, 3.8) is 0 Å². The minimum Gasteiger partial charge on any atom is -0.507 e. The Morgan fingerprint density at radius 3 is 2.17 bits per heavy atom. The van der Waals surface area contributed by atoms with E-state index in [1.54, 1.807) is 39.8 Å². The number of carbonyl (C=O) groups excluding carboxylic acids is 3. The second-order valence-corrected chi connectivity index (χ2v) is 18.2. The van der Waals surface area contributed by atoms with Crippen molar-refractivity contribution in [1.29, 1.82) is 0 Å². The second-order valence-electron chi connectivity index (χ2n) is 18.2. The zero-order valence-electron chi connectivity index (χ0n) is 39.5. The maximum Gasteiger partial charge on any atom is 0.312 e. The van der Waals surface area contributed by atoms with E-state index in [0.29, 0.717) is 13.1 Å². The van der Waals surface area contributed by atoms with Crippen LogP contribution in [0.1, 0.15) is 83.8 Å². The number of ether oxygens (including phenoxy) is 4. The number of hydrogen-bond acceptors (Lipinski definition) is 15. The van der Waals surface area contributed by atoms with Crippen LogP contribution in [-0.4, -0.2) is 117 Å². The number of fused-ring (bicyclic) bond motifs is 14. The standard InChI is InChI=1S/C50H64N4O12/c1-25-16-15-17-26(2)49(62)52-40-35(22-51-53-23-27(3)54(28(4)24-53)34-18-13-12-14-19-34)44(59)37-38(45(40)60)43(58)32(8)47-39(37)48(61)50(10,66-47)64-21-20-36(63-11)29(5)46(65-33(9)55)31(7)42(57)30(6)41(25)56/h12-22,25,27-31,36,41-42,46,56-60H,23-24H2,1-11H3,(H,52,62)/b16-15+,21-20+,26-17+,51-22-. The van der Waals surface area contributed by atoms with Gasteiger partial charge in [-0.15, -0.1) is 0 Å². The van der Waals surface area contributed by atoms with Gasteiger partial charge < -0.3 is 54.7 Å². The van der Waals surface area contributed by atoms with Crippen molar-refractivity contribution in [2.45, 2.75) is 112 Å². The molecule has 1 amide bonds. The molecule has 11 unspecified atom stereocenters. The summed E-state index contributed by atoms with van der Waals surface area (Å²) < 4.78 is 23.8. The van der Waals surface area contributed by atoms with Gasteiger partial charge >= 0.3 is 11.8 Å². The molecule has 4 aliphatic heterocycles. The van der Waals surface area contributed by atoms with Crippen molar-refractivity contribution in [1.82, 2.24) is 5.01 Å². The number of nitrogens with zero attached hydrogens (tertiary/aromatic N) is 3. The lowest BCUT2D eigenvalue weighted by Crippen LogP contribution is -2.55. The molecular weight excluding hydrogens is 849 g/mol. The summed E-state index contributed by atoms with van der Waals surface area (Å²) in [4.78, 5) is 43.3. The Morgan fingerprint density at radius 2 is 1.55 bits per heavy atom. The summed E-state index contributed by atoms with van der Waals surface area (Å²) in [6, 6.07) is 10.0. The molecule has 0 saturated carbocycles. The number of nitrogens with one attached hydrogen (secondary N) is 1. The fraction of sp³-hybridized carbons (Fsp3) is 0.480. The van der Waals surface area contributed by atoms with Gasteiger partial charge in [0.2, 0.25) is 0 Å². The zero-order chi connectivity index (χ0) is 48.5. The number of phenolic OH excluding ortho intramolecular Hbond substituents is 3. The van der Waals surface area contributed by atoms with Gasteiger partial charge in [0, 0.05) is 78.9 Å². The highest BCUT2D eigenvalue weighted by Crippen LogP contribution is 2.55. The third kappa shape index (κ3) is 9.44. The van der Waals surface area contributed by atoms with Crippen LogP contribution in [0, 0.1) is 30.6 Å². The number of Topliss-reactive ketones (excluding diaryl/α,β-unsaturated/α-hetero) is 1. The molecule has 16 heteroatoms. The summed E-state index contributed by atoms with van der Waals surface area (Å²) in [5, 5.41) is 67.9. The average Bonchev–Trinajstić information content (AvgIpc) is 3.54. The van der Waals surface area contributed by atoms with Crippen LogP contribution in [0.2, 0.25) is 0 Å². The van der Waals surface area contributed by atoms with Crippen molar-refractivity contribution in [3.05, 3.63) is 83.2 Å². The first kappa shape index (κ1) is 49.3. The molecule has 356 valence electrons. The lowest BCUT2D eigenvalue weighted by molar-refractivity contribution is -0.160. The van der Waals surface area contributed by atoms with Gasteiger partial charge in [0.25, 0.3) is 11.7 Å². The van der Waals surface area contributed by atoms with Crippen molar-refractivity contribution >= 4 is 46.0 Å². The summed E-state index contributed by atoms with van der Waals surface area (Å²) in [5.74, 6) is -8.47. The van der Waals surface area contributed by atoms with E-state index in [1.807, 2.05) is 35.3 Å². The molecule has 6 N–H and O–H groups in total. The molecule has 3 aromatic carbocycles. The van der Waals surface area contributed by atoms with Gasteiger partial charge in [0.15, 0.2) is 5.75 Å². The van der Waals surface area contributed by atoms with Gasteiger partial charge in [0.1, 0.15) is 23.4 Å². The summed E-state index contributed by atoms with van der Waals surface area (Å²) in [5.41, 5.74) is 0.655. The van der Waals surface area contributed by atoms with Crippen molar-refractivity contribution in [3.8, 4) is 23.0 Å². The number of hydrazone groups is 1. The predicted molar refractivity (Wildman–Crippen MR) is 251 cm³/mol. The summed E-state index contributed by atoms with van der Waals surface area (Å²) in [6.45, 7) is 17.7. The smallest absolute Gasteiger partial charge is 0.312 e. The number of amides is 1. The van der Waals surface area contributed by atoms with E-state index in [4.69, 9.17) is 24.0 Å². The monoisotopic (exact) mass is 912 g/mol. The number of anilines is 2. The highest BCUT2D eigenvalue weighted by atomic mass is 16.7. The molecule has 1 saturated heterocycles. The molecule has 0 aliphatic carbocycles. The molecule has 3 aromatic rings. The lowest BCUT2D eigenvalue weighted by Gasteiger charge is -2.44. The molecule has 4 aliphatic rings. The van der Waals surface area contributed by atoms with Gasteiger partial charge in [-0.25, -0.2) is 0 Å². The summed E-state index contributed by atoms with van der Waals surface area (Å²) in [7, 11) is 1.44. The molecule has 66 heavy (non-hydrogen) atoms. The topological polar surface area (TPSA) is 220 Å². The van der Waals surface area contributed by atoms with E-state index in [2.05, 4.69) is 24.1 Å². The number of allylic oxidation sites excluding steroid dienone is 2. The summed E-state index contributed by atoms with van der Waals surface area (Å²) >= 11 is 0. The number of esters is 1. The number of para-hydroxylation sites is 1. The molecule has 16 nitrogen and oxygen atoms in total. The second kappa shape index (κ2) is 19.8. The Morgan fingerprint density at radius 1 is 0.894 bits per heavy atom. The fourth-order valence-corrected chi connectivity index (χ4v) is 9.51. The van der Waals surface area contributed by atoms with E-state index >= 15 is 0 Å². The van der Waals surface area contributed by atoms with Gasteiger partial charge in [-0.2, -0.15) is 5.10 Å². The van der Waals surface area contributed by atoms with Gasteiger partial charge in [-0.1, -0.05) is 64.1 Å². The van der Waals surface area contributed by atoms with Crippen LogP contribution in [-0.2, 0) is 23.8 Å². The molecule has 5 bridgehead atoms. The first-order valence-corrected chi connectivity index (χ1v) is 22.3. The fourth-order valence-electron chi connectivity index (χ4n) is 9.51. The van der Waals surface area contributed by atoms with Gasteiger partial charge in [-0.05, 0) is 45.9 Å². The number of aliphatic hydroxyl groups is 2. The largest absolute Gasteiger partial charge is 0.507 e. The number of phenols is 3. The number of ketones is 1. The maximum absolute atomic E-state index is 14.6. The Balaban J connectivity index is 1.50. The minimum atomic E-state index is -2.07. The first-order valence-electron chi connectivity index (χ1n) is 22.3. The van der Waals surface area contributed by atoms with E-state index in [1.165, 1.54) is 59.4 Å². The lowest BCUT2D eigenvalue weighted by atomic mass is 9.78. The third-order valence-electron chi connectivity index (χ3n) is 13.3. The normalized spacial score (nSPS) is 31.9. The van der Waals surface area contributed by atoms with Gasteiger partial charge in [0.05, 0.1) is 66.1 Å². The highest BCUT2D eigenvalue weighted by Gasteiger charge is 2.50. The van der Waals surface area contributed by atoms with E-state index < -0.39 is 88.8 Å². The molecule has 4 heterocycles. The SMILES string of the molecule is COC1/C=C/OC2(C)Oc3c(C)c(O)c4c(O)c(c(/C=N\N5CC(C)N(c6ccccc6)C(C)C5)c(O)c4c3C2=O)NC(=O)/C(C)=C/C=C/C(C)C(O)C(C)C(O)C(C)C(OC(C)=O)C1C. The first-order chi connectivity index (χ1) is 31.1. The van der Waals surface area contributed by atoms with Crippen LogP contribution in [0.3, 0.4) is 0 Å². The molecule has 0 aromatic heterocycles. The number of rotatable bonds is 5. The van der Waals surface area contributed by atoms with Crippen LogP contribution < -0.4 is 15.0 Å². The predicted octanol–water partition coefficient (Wildman–Crippen LogP) is 6.69. The summed E-state index contributed by atoms with van der Waals surface area (Å²) in [6.07, 6.45) is 4.86. The number of benzene rings is 3.